The Morgan fingerprint density at radius 2 is 2.42 bits per heavy atom. The highest BCUT2D eigenvalue weighted by atomic mass is 79.9. The fraction of sp³-hybridized carbons (Fsp3) is 0.417. The van der Waals surface area contributed by atoms with E-state index >= 15 is 0 Å². The minimum absolute atomic E-state index is 0.0885. The molecule has 1 aromatic heterocycles. The van der Waals surface area contributed by atoms with Crippen molar-refractivity contribution < 1.29 is 14.3 Å². The van der Waals surface area contributed by atoms with Crippen molar-refractivity contribution >= 4 is 33.7 Å². The van der Waals surface area contributed by atoms with Gasteiger partial charge in [-0.25, -0.2) is 9.78 Å². The molecular weight excluding hydrogens is 314 g/mol. The average Bonchev–Trinajstić information content (AvgIpc) is 2.85. The number of carbonyl (C=O) groups excluding carboxylic acids is 2. The van der Waals surface area contributed by atoms with Crippen molar-refractivity contribution in [1.82, 2.24) is 10.3 Å². The van der Waals surface area contributed by atoms with Crippen LogP contribution in [-0.2, 0) is 9.53 Å². The molecule has 0 radical (unpaired) electrons. The van der Waals surface area contributed by atoms with Crippen LogP contribution in [0.5, 0.6) is 0 Å². The van der Waals surface area contributed by atoms with E-state index < -0.39 is 11.7 Å². The van der Waals surface area contributed by atoms with Gasteiger partial charge in [0.15, 0.2) is 5.60 Å². The molecule has 1 aliphatic carbocycles. The molecule has 0 aromatic carbocycles. The van der Waals surface area contributed by atoms with E-state index in [1.807, 2.05) is 6.07 Å². The van der Waals surface area contributed by atoms with Gasteiger partial charge in [0.1, 0.15) is 5.82 Å². The molecule has 2 amide bonds. The average molecular weight is 326 g/mol. The molecule has 1 aromatic rings. The maximum Gasteiger partial charge on any atom is 0.416 e. The van der Waals surface area contributed by atoms with Gasteiger partial charge in [-0.05, 0) is 28.1 Å². The molecule has 1 saturated heterocycles. The smallest absolute Gasteiger partial charge is 0.416 e. The predicted molar refractivity (Wildman–Crippen MR) is 70.7 cm³/mol. The third-order valence-corrected chi connectivity index (χ3v) is 3.80. The van der Waals surface area contributed by atoms with E-state index in [-0.39, 0.29) is 11.9 Å². The molecule has 1 spiro atoms. The van der Waals surface area contributed by atoms with Crippen molar-refractivity contribution in [2.45, 2.75) is 25.0 Å². The van der Waals surface area contributed by atoms with Gasteiger partial charge in [0.2, 0.25) is 5.91 Å². The van der Waals surface area contributed by atoms with E-state index in [2.05, 4.69) is 26.2 Å². The first-order valence-corrected chi connectivity index (χ1v) is 6.69. The molecule has 2 fully saturated rings. The van der Waals surface area contributed by atoms with Crippen molar-refractivity contribution in [1.29, 1.82) is 0 Å². The van der Waals surface area contributed by atoms with Crippen molar-refractivity contribution in [2.24, 2.45) is 0 Å². The van der Waals surface area contributed by atoms with Crippen molar-refractivity contribution in [3.8, 4) is 0 Å². The minimum atomic E-state index is -0.572. The second-order valence-electron chi connectivity index (χ2n) is 4.81. The fourth-order valence-electron chi connectivity index (χ4n) is 2.30. The number of hydrogen-bond donors (Lipinski definition) is 1. The lowest BCUT2D eigenvalue weighted by atomic mass is 10.3. The van der Waals surface area contributed by atoms with E-state index in [9.17, 15) is 9.59 Å². The summed E-state index contributed by atoms with van der Waals surface area (Å²) in [5, 5.41) is 2.78. The topological polar surface area (TPSA) is 71.5 Å². The van der Waals surface area contributed by atoms with Crippen LogP contribution < -0.4 is 10.2 Å². The lowest BCUT2D eigenvalue weighted by molar-refractivity contribution is -0.119. The summed E-state index contributed by atoms with van der Waals surface area (Å²) in [4.78, 5) is 28.6. The first kappa shape index (κ1) is 12.4. The zero-order chi connectivity index (χ0) is 13.6. The number of anilines is 1. The highest BCUT2D eigenvalue weighted by molar-refractivity contribution is 9.10. The van der Waals surface area contributed by atoms with Crippen LogP contribution in [0.4, 0.5) is 10.6 Å². The Balaban J connectivity index is 1.75. The lowest BCUT2D eigenvalue weighted by Gasteiger charge is -2.11. The molecule has 100 valence electrons. The number of ether oxygens (including phenoxy) is 1. The van der Waals surface area contributed by atoms with Gasteiger partial charge >= 0.3 is 6.09 Å². The van der Waals surface area contributed by atoms with E-state index in [1.165, 1.54) is 11.8 Å². The molecule has 7 heteroatoms. The highest BCUT2D eigenvalue weighted by Crippen LogP contribution is 2.45. The van der Waals surface area contributed by atoms with Crippen LogP contribution in [-0.4, -0.2) is 35.2 Å². The second kappa shape index (κ2) is 4.19. The Hall–Kier alpha value is -1.63. The number of rotatable bonds is 2. The second-order valence-corrected chi connectivity index (χ2v) is 5.73. The summed E-state index contributed by atoms with van der Waals surface area (Å²) in [7, 11) is 0. The number of carbonyl (C=O) groups is 2. The number of pyridine rings is 1. The van der Waals surface area contributed by atoms with Crippen molar-refractivity contribution in [3.63, 3.8) is 0 Å². The van der Waals surface area contributed by atoms with Gasteiger partial charge in [-0.3, -0.25) is 9.69 Å². The number of amides is 2. The van der Waals surface area contributed by atoms with Crippen LogP contribution >= 0.6 is 15.9 Å². The van der Waals surface area contributed by atoms with Crippen LogP contribution in [0.3, 0.4) is 0 Å². The predicted octanol–water partition coefficient (Wildman–Crippen LogP) is 1.45. The van der Waals surface area contributed by atoms with Gasteiger partial charge in [-0.1, -0.05) is 0 Å². The summed E-state index contributed by atoms with van der Waals surface area (Å²) in [5.41, 5.74) is -0.572. The number of nitrogens with zero attached hydrogens (tertiary/aromatic N) is 2. The molecule has 2 heterocycles. The molecule has 2 atom stereocenters. The van der Waals surface area contributed by atoms with E-state index in [0.717, 1.165) is 4.47 Å². The maximum atomic E-state index is 11.9. The van der Waals surface area contributed by atoms with Crippen LogP contribution in [0, 0.1) is 0 Å². The summed E-state index contributed by atoms with van der Waals surface area (Å²) in [6.45, 7) is 1.88. The van der Waals surface area contributed by atoms with E-state index in [4.69, 9.17) is 4.74 Å². The summed E-state index contributed by atoms with van der Waals surface area (Å²) in [6.07, 6.45) is 1.87. The molecule has 1 aliphatic heterocycles. The first-order chi connectivity index (χ1) is 9.00. The molecular formula is C12H12BrN3O3. The standard InChI is InChI=1S/C12H12BrN3O3/c1-7(17)15-9-4-12(9)6-16(11(18)19-12)10-3-2-8(13)5-14-10/h2-3,5,9H,4,6H2,1H3,(H,15,17)/t9-,12?/m0/s1. The quantitative estimate of drug-likeness (QED) is 0.893. The summed E-state index contributed by atoms with van der Waals surface area (Å²) >= 11 is 3.30. The number of halogens is 1. The van der Waals surface area contributed by atoms with Crippen LogP contribution in [0.1, 0.15) is 13.3 Å². The molecule has 1 unspecified atom stereocenters. The summed E-state index contributed by atoms with van der Waals surface area (Å²) in [5.74, 6) is 0.441. The lowest BCUT2D eigenvalue weighted by Crippen LogP contribution is -2.33. The highest BCUT2D eigenvalue weighted by Gasteiger charge is 2.64. The Kier molecular flexibility index (Phi) is 2.74. The monoisotopic (exact) mass is 325 g/mol. The summed E-state index contributed by atoms with van der Waals surface area (Å²) < 4.78 is 6.24. The minimum Gasteiger partial charge on any atom is -0.438 e. The molecule has 19 heavy (non-hydrogen) atoms. The molecule has 0 bridgehead atoms. The van der Waals surface area contributed by atoms with Gasteiger partial charge < -0.3 is 10.1 Å². The number of hydrogen-bond acceptors (Lipinski definition) is 4. The largest absolute Gasteiger partial charge is 0.438 e. The van der Waals surface area contributed by atoms with Gasteiger partial charge in [0, 0.05) is 24.0 Å². The Morgan fingerprint density at radius 3 is 3.05 bits per heavy atom. The van der Waals surface area contributed by atoms with E-state index in [0.29, 0.717) is 18.8 Å². The van der Waals surface area contributed by atoms with Crippen LogP contribution in [0.25, 0.3) is 0 Å². The number of nitrogens with one attached hydrogen (secondary N) is 1. The SMILES string of the molecule is CC(=O)N[C@H]1CC12CN(c1ccc(Br)cn1)C(=O)O2. The first-order valence-electron chi connectivity index (χ1n) is 5.89. The normalized spacial score (nSPS) is 28.4. The Labute approximate surface area is 118 Å². The van der Waals surface area contributed by atoms with E-state index in [1.54, 1.807) is 12.3 Å². The fourth-order valence-corrected chi connectivity index (χ4v) is 2.53. The zero-order valence-electron chi connectivity index (χ0n) is 10.2. The van der Waals surface area contributed by atoms with Gasteiger partial charge in [0.25, 0.3) is 0 Å². The summed E-state index contributed by atoms with van der Waals surface area (Å²) in [6, 6.07) is 3.48. The molecule has 6 nitrogen and oxygen atoms in total. The van der Waals surface area contributed by atoms with Crippen LogP contribution in [0.15, 0.2) is 22.8 Å². The van der Waals surface area contributed by atoms with Crippen molar-refractivity contribution in [2.75, 3.05) is 11.4 Å². The maximum absolute atomic E-state index is 11.9. The molecule has 1 N–H and O–H groups in total. The number of aromatic nitrogens is 1. The molecule has 2 aliphatic rings. The zero-order valence-corrected chi connectivity index (χ0v) is 11.8. The third-order valence-electron chi connectivity index (χ3n) is 3.33. The van der Waals surface area contributed by atoms with Crippen LogP contribution in [0.2, 0.25) is 0 Å². The van der Waals surface area contributed by atoms with Gasteiger partial charge in [0.05, 0.1) is 12.6 Å². The molecule has 1 saturated carbocycles. The van der Waals surface area contributed by atoms with Gasteiger partial charge in [-0.15, -0.1) is 0 Å². The van der Waals surface area contributed by atoms with Crippen molar-refractivity contribution in [3.05, 3.63) is 22.8 Å². The Morgan fingerprint density at radius 1 is 1.63 bits per heavy atom. The Bertz CT molecular complexity index is 548. The molecule has 3 rings (SSSR count). The van der Waals surface area contributed by atoms with Gasteiger partial charge in [-0.2, -0.15) is 0 Å². The third kappa shape index (κ3) is 2.18.